The molecule has 0 aromatic heterocycles. The minimum atomic E-state index is 0.898. The van der Waals surface area contributed by atoms with Gasteiger partial charge < -0.3 is 0 Å². The van der Waals surface area contributed by atoms with Crippen LogP contribution in [0.3, 0.4) is 0 Å². The molecule has 0 saturated heterocycles. The van der Waals surface area contributed by atoms with Crippen LogP contribution in [-0.4, -0.2) is 0 Å². The molecule has 0 bridgehead atoms. The van der Waals surface area contributed by atoms with Crippen LogP contribution in [0.1, 0.15) is 0 Å². The van der Waals surface area contributed by atoms with E-state index < -0.39 is 0 Å². The van der Waals surface area contributed by atoms with Gasteiger partial charge in [0, 0.05) is 0 Å². The first-order valence-electron chi connectivity index (χ1n) is 2.81. The highest BCUT2D eigenvalue weighted by molar-refractivity contribution is 7.98. The van der Waals surface area contributed by atoms with Crippen molar-refractivity contribution in [3.05, 3.63) is 30.3 Å². The van der Waals surface area contributed by atoms with E-state index in [0.29, 0.717) is 0 Å². The summed E-state index contributed by atoms with van der Waals surface area (Å²) < 4.78 is 1.40. The molecule has 3 nitrogen and oxygen atoms in total. The molecule has 0 unspecified atom stereocenters. The van der Waals surface area contributed by atoms with Crippen molar-refractivity contribution in [2.75, 3.05) is 4.41 Å². The lowest BCUT2D eigenvalue weighted by Crippen LogP contribution is -2.24. The van der Waals surface area contributed by atoms with Crippen molar-refractivity contribution >= 4 is 17.8 Å². The van der Waals surface area contributed by atoms with Crippen LogP contribution >= 0.6 is 12.1 Å². The number of nitrogens with two attached hydrogens (primary N) is 2. The van der Waals surface area contributed by atoms with Gasteiger partial charge in [-0.3, -0.25) is 5.14 Å². The number of rotatable bonds is 2. The number of anilines is 1. The van der Waals surface area contributed by atoms with Crippen molar-refractivity contribution in [1.29, 1.82) is 0 Å². The number of hydrazine groups is 1. The molecule has 0 radical (unpaired) electrons. The molecule has 0 aliphatic heterocycles. The highest BCUT2D eigenvalue weighted by Crippen LogP contribution is 2.12. The van der Waals surface area contributed by atoms with Crippen LogP contribution in [0.25, 0.3) is 0 Å². The SMILES string of the molecule is NSN(N)c1ccccc1. The molecule has 0 fully saturated rings. The maximum atomic E-state index is 5.47. The zero-order chi connectivity index (χ0) is 7.40. The Morgan fingerprint density at radius 1 is 1.20 bits per heavy atom. The molecular weight excluding hydrogens is 146 g/mol. The molecule has 4 N–H and O–H groups in total. The third-order valence-corrected chi connectivity index (χ3v) is 1.56. The monoisotopic (exact) mass is 155 g/mol. The molecule has 4 heteroatoms. The van der Waals surface area contributed by atoms with E-state index in [0.717, 1.165) is 17.8 Å². The number of hydrogen-bond donors (Lipinski definition) is 2. The summed E-state index contributed by atoms with van der Waals surface area (Å²) in [5.41, 5.74) is 0.898. The van der Waals surface area contributed by atoms with Crippen molar-refractivity contribution in [3.8, 4) is 0 Å². The maximum Gasteiger partial charge on any atom is 0.0658 e. The standard InChI is InChI=1S/C6H9N3S/c7-9(10-8)6-4-2-1-3-5-6/h1-5H,7-8H2. The summed E-state index contributed by atoms with van der Waals surface area (Å²) in [6.07, 6.45) is 0. The van der Waals surface area contributed by atoms with Crippen LogP contribution in [0.5, 0.6) is 0 Å². The van der Waals surface area contributed by atoms with Crippen LogP contribution in [0.15, 0.2) is 30.3 Å². The summed E-state index contributed by atoms with van der Waals surface area (Å²) in [5, 5.41) is 5.22. The average molecular weight is 155 g/mol. The van der Waals surface area contributed by atoms with Gasteiger partial charge in [-0.05, 0) is 12.1 Å². The zero-order valence-corrected chi connectivity index (χ0v) is 6.21. The Hall–Kier alpha value is -0.710. The van der Waals surface area contributed by atoms with Crippen molar-refractivity contribution in [2.24, 2.45) is 11.0 Å². The third-order valence-electron chi connectivity index (χ3n) is 1.12. The summed E-state index contributed by atoms with van der Waals surface area (Å²) >= 11 is 0.989. The first-order valence-corrected chi connectivity index (χ1v) is 3.65. The molecule has 0 spiro atoms. The lowest BCUT2D eigenvalue weighted by molar-refractivity contribution is 1.21. The van der Waals surface area contributed by atoms with Crippen LogP contribution in [0.2, 0.25) is 0 Å². The Balaban J connectivity index is 2.75. The number of nitrogens with zero attached hydrogens (tertiary/aromatic N) is 1. The molecular formula is C6H9N3S. The fraction of sp³-hybridized carbons (Fsp3) is 0. The second-order valence-electron chi connectivity index (χ2n) is 1.77. The van der Waals surface area contributed by atoms with Crippen molar-refractivity contribution in [3.63, 3.8) is 0 Å². The van der Waals surface area contributed by atoms with Crippen molar-refractivity contribution < 1.29 is 0 Å². The van der Waals surface area contributed by atoms with Crippen LogP contribution in [0, 0.1) is 0 Å². The zero-order valence-electron chi connectivity index (χ0n) is 5.40. The van der Waals surface area contributed by atoms with Crippen LogP contribution < -0.4 is 15.4 Å². The summed E-state index contributed by atoms with van der Waals surface area (Å²) in [7, 11) is 0. The van der Waals surface area contributed by atoms with Gasteiger partial charge in [-0.1, -0.05) is 18.2 Å². The van der Waals surface area contributed by atoms with Gasteiger partial charge in [0.1, 0.15) is 0 Å². The molecule has 1 aromatic carbocycles. The van der Waals surface area contributed by atoms with Gasteiger partial charge in [0.2, 0.25) is 0 Å². The molecule has 0 saturated carbocycles. The highest BCUT2D eigenvalue weighted by atomic mass is 32.2. The predicted octanol–water partition coefficient (Wildman–Crippen LogP) is 0.889. The molecule has 1 aromatic rings. The first kappa shape index (κ1) is 7.40. The molecule has 0 amide bonds. The highest BCUT2D eigenvalue weighted by Gasteiger charge is 1.95. The summed E-state index contributed by atoms with van der Waals surface area (Å²) in [4.78, 5) is 0. The smallest absolute Gasteiger partial charge is 0.0658 e. The molecule has 0 aliphatic carbocycles. The lowest BCUT2D eigenvalue weighted by atomic mass is 10.3. The topological polar surface area (TPSA) is 55.3 Å². The van der Waals surface area contributed by atoms with E-state index in [1.165, 1.54) is 4.41 Å². The minimum absolute atomic E-state index is 0.898. The van der Waals surface area contributed by atoms with E-state index >= 15 is 0 Å². The van der Waals surface area contributed by atoms with Gasteiger partial charge in [0.25, 0.3) is 0 Å². The van der Waals surface area contributed by atoms with Gasteiger partial charge in [-0.25, -0.2) is 10.3 Å². The van der Waals surface area contributed by atoms with Gasteiger partial charge >= 0.3 is 0 Å². The number of benzene rings is 1. The fourth-order valence-electron chi connectivity index (χ4n) is 0.636. The van der Waals surface area contributed by atoms with Gasteiger partial charge in [-0.2, -0.15) is 0 Å². The minimum Gasteiger partial charge on any atom is -0.258 e. The Kier molecular flexibility index (Phi) is 2.56. The molecule has 0 atom stereocenters. The number of hydrogen-bond acceptors (Lipinski definition) is 4. The van der Waals surface area contributed by atoms with E-state index in [-0.39, 0.29) is 0 Å². The van der Waals surface area contributed by atoms with Crippen molar-refractivity contribution in [2.45, 2.75) is 0 Å². The maximum absolute atomic E-state index is 5.47. The van der Waals surface area contributed by atoms with E-state index in [2.05, 4.69) is 0 Å². The predicted molar refractivity (Wildman–Crippen MR) is 44.9 cm³/mol. The van der Waals surface area contributed by atoms with Gasteiger partial charge in [0.15, 0.2) is 0 Å². The fourth-order valence-corrected chi connectivity index (χ4v) is 0.879. The average Bonchev–Trinajstić information content (AvgIpc) is 2.05. The Morgan fingerprint density at radius 2 is 1.80 bits per heavy atom. The third kappa shape index (κ3) is 1.63. The van der Waals surface area contributed by atoms with Gasteiger partial charge in [-0.15, -0.1) is 0 Å². The second-order valence-corrected chi connectivity index (χ2v) is 2.37. The summed E-state index contributed by atoms with van der Waals surface area (Å²) in [6.45, 7) is 0. The summed E-state index contributed by atoms with van der Waals surface area (Å²) in [6, 6.07) is 9.52. The normalized spacial score (nSPS) is 9.40. The Morgan fingerprint density at radius 3 is 2.30 bits per heavy atom. The van der Waals surface area contributed by atoms with E-state index in [1.54, 1.807) is 0 Å². The molecule has 54 valence electrons. The van der Waals surface area contributed by atoms with Crippen molar-refractivity contribution in [1.82, 2.24) is 0 Å². The van der Waals surface area contributed by atoms with Gasteiger partial charge in [0.05, 0.1) is 17.8 Å². The molecule has 0 heterocycles. The Bertz CT molecular complexity index is 189. The van der Waals surface area contributed by atoms with E-state index in [1.807, 2.05) is 30.3 Å². The molecule has 1 rings (SSSR count). The van der Waals surface area contributed by atoms with E-state index in [4.69, 9.17) is 11.0 Å². The Labute approximate surface area is 64.2 Å². The summed E-state index contributed by atoms with van der Waals surface area (Å²) in [5.74, 6) is 5.47. The van der Waals surface area contributed by atoms with Crippen LogP contribution in [0.4, 0.5) is 5.69 Å². The van der Waals surface area contributed by atoms with E-state index in [9.17, 15) is 0 Å². The largest absolute Gasteiger partial charge is 0.258 e. The molecule has 10 heavy (non-hydrogen) atoms. The first-order chi connectivity index (χ1) is 4.84. The quantitative estimate of drug-likeness (QED) is 0.378. The second kappa shape index (κ2) is 3.46. The molecule has 0 aliphatic rings. The van der Waals surface area contributed by atoms with Crippen LogP contribution in [-0.2, 0) is 0 Å². The lowest BCUT2D eigenvalue weighted by Gasteiger charge is -2.12. The number of para-hydroxylation sites is 1.